The van der Waals surface area contributed by atoms with E-state index in [2.05, 4.69) is 14.5 Å². The Morgan fingerprint density at radius 2 is 2.00 bits per heavy atom. The van der Waals surface area contributed by atoms with E-state index in [1.165, 1.54) is 6.07 Å². The number of nitrogens with one attached hydrogen (secondary N) is 1. The summed E-state index contributed by atoms with van der Waals surface area (Å²) in [5, 5.41) is 0. The van der Waals surface area contributed by atoms with Crippen molar-refractivity contribution in [2.75, 3.05) is 0 Å². The highest BCUT2D eigenvalue weighted by Crippen LogP contribution is 2.47. The quantitative estimate of drug-likeness (QED) is 0.825. The number of aryl methyl sites for hydroxylation is 1. The van der Waals surface area contributed by atoms with E-state index in [4.69, 9.17) is 0 Å². The number of ether oxygens (including phenoxy) is 2. The minimum Gasteiger partial charge on any atom is -0.395 e. The summed E-state index contributed by atoms with van der Waals surface area (Å²) in [4.78, 5) is 2.92. The van der Waals surface area contributed by atoms with Gasteiger partial charge in [-0.05, 0) is 18.6 Å². The van der Waals surface area contributed by atoms with E-state index in [9.17, 15) is 8.78 Å². The highest BCUT2D eigenvalue weighted by molar-refractivity contribution is 5.76. The molecule has 3 rings (SSSR count). The molecular weight excluding hydrogens is 228 g/mol. The third-order valence-corrected chi connectivity index (χ3v) is 2.67. The predicted molar refractivity (Wildman–Crippen MR) is 59.3 cm³/mol. The number of aromatic amines is 1. The van der Waals surface area contributed by atoms with Crippen LogP contribution in [0.4, 0.5) is 8.78 Å². The van der Waals surface area contributed by atoms with Gasteiger partial charge in [-0.15, -0.1) is 8.78 Å². The molecule has 0 saturated heterocycles. The van der Waals surface area contributed by atoms with Gasteiger partial charge in [0.2, 0.25) is 0 Å². The fourth-order valence-corrected chi connectivity index (χ4v) is 1.91. The monoisotopic (exact) mass is 239 g/mol. The van der Waals surface area contributed by atoms with Crippen LogP contribution in [0.15, 0.2) is 30.6 Å². The first-order valence-corrected chi connectivity index (χ1v) is 5.09. The summed E-state index contributed by atoms with van der Waals surface area (Å²) in [5.41, 5.74) is 2.37. The van der Waals surface area contributed by atoms with Gasteiger partial charge < -0.3 is 14.5 Å². The molecule has 2 heterocycles. The van der Waals surface area contributed by atoms with Crippen molar-refractivity contribution in [2.24, 2.45) is 0 Å². The molecule has 0 amide bonds. The number of para-hydroxylation sites is 1. The molecule has 1 aliphatic rings. The van der Waals surface area contributed by atoms with Crippen LogP contribution in [-0.4, -0.2) is 11.3 Å². The van der Waals surface area contributed by atoms with Gasteiger partial charge in [-0.2, -0.15) is 0 Å². The van der Waals surface area contributed by atoms with Crippen molar-refractivity contribution >= 4 is 0 Å². The Balaban J connectivity index is 0.00000120. The highest BCUT2D eigenvalue weighted by atomic mass is 19.3. The molecule has 1 aromatic carbocycles. The molecule has 0 radical (unpaired) electrons. The molecule has 0 saturated carbocycles. The highest BCUT2D eigenvalue weighted by Gasteiger charge is 2.44. The lowest BCUT2D eigenvalue weighted by Crippen LogP contribution is -2.26. The molecule has 3 nitrogen and oxygen atoms in total. The van der Waals surface area contributed by atoms with Crippen molar-refractivity contribution < 1.29 is 19.7 Å². The number of H-pyrrole nitrogens is 1. The van der Waals surface area contributed by atoms with Crippen LogP contribution in [-0.2, 0) is 0 Å². The molecule has 90 valence electrons. The lowest BCUT2D eigenvalue weighted by molar-refractivity contribution is -0.286. The maximum absolute atomic E-state index is 13.0. The summed E-state index contributed by atoms with van der Waals surface area (Å²) in [6, 6.07) is 4.84. The average Bonchev–Trinajstić information content (AvgIpc) is 2.78. The second kappa shape index (κ2) is 3.23. The second-order valence-electron chi connectivity index (χ2n) is 3.85. The van der Waals surface area contributed by atoms with Gasteiger partial charge in [0.05, 0.1) is 0 Å². The van der Waals surface area contributed by atoms with E-state index in [0.29, 0.717) is 5.56 Å². The van der Waals surface area contributed by atoms with E-state index >= 15 is 0 Å². The molecule has 0 atom stereocenters. The lowest BCUT2D eigenvalue weighted by atomic mass is 10.0. The standard InChI is InChI=1S/C12H9F2NO2.H2/c1-7-5-15-6-9(7)8-3-2-4-10-11(8)17-12(13,14)16-10;/h2-6,15H,1H3;1H. The van der Waals surface area contributed by atoms with Gasteiger partial charge in [0.15, 0.2) is 11.5 Å². The van der Waals surface area contributed by atoms with E-state index in [1.54, 1.807) is 24.5 Å². The number of hydrogen-bond donors (Lipinski definition) is 1. The van der Waals surface area contributed by atoms with E-state index in [1.807, 2.05) is 6.92 Å². The zero-order chi connectivity index (χ0) is 12.0. The number of halogens is 2. The molecule has 0 bridgehead atoms. The average molecular weight is 239 g/mol. The van der Waals surface area contributed by atoms with Gasteiger partial charge in [-0.25, -0.2) is 0 Å². The molecule has 5 heteroatoms. The van der Waals surface area contributed by atoms with Crippen LogP contribution in [0.3, 0.4) is 0 Å². The van der Waals surface area contributed by atoms with Crippen LogP contribution in [0.2, 0.25) is 0 Å². The zero-order valence-corrected chi connectivity index (χ0v) is 8.96. The Morgan fingerprint density at radius 1 is 1.18 bits per heavy atom. The molecule has 1 aromatic heterocycles. The molecule has 0 unspecified atom stereocenters. The van der Waals surface area contributed by atoms with Crippen molar-refractivity contribution in [3.63, 3.8) is 0 Å². The fourth-order valence-electron chi connectivity index (χ4n) is 1.91. The van der Waals surface area contributed by atoms with Gasteiger partial charge in [0.1, 0.15) is 0 Å². The minimum absolute atomic E-state index is 0. The van der Waals surface area contributed by atoms with Crippen LogP contribution < -0.4 is 9.47 Å². The Hall–Kier alpha value is -2.04. The summed E-state index contributed by atoms with van der Waals surface area (Å²) < 4.78 is 35.0. The van der Waals surface area contributed by atoms with Crippen LogP contribution in [0, 0.1) is 6.92 Å². The molecule has 17 heavy (non-hydrogen) atoms. The number of rotatable bonds is 1. The largest absolute Gasteiger partial charge is 0.586 e. The number of hydrogen-bond acceptors (Lipinski definition) is 2. The first-order chi connectivity index (χ1) is 8.07. The summed E-state index contributed by atoms with van der Waals surface area (Å²) in [5.74, 6) is 0.147. The van der Waals surface area contributed by atoms with Crippen molar-refractivity contribution in [3.8, 4) is 22.6 Å². The molecule has 0 aliphatic carbocycles. The number of alkyl halides is 2. The predicted octanol–water partition coefficient (Wildman–Crippen LogP) is 3.56. The number of fused-ring (bicyclic) bond motifs is 1. The SMILES string of the molecule is Cc1c[nH]cc1-c1cccc2c1OC(F)(F)O2.[HH]. The van der Waals surface area contributed by atoms with Crippen molar-refractivity contribution in [1.29, 1.82) is 0 Å². The topological polar surface area (TPSA) is 34.2 Å². The van der Waals surface area contributed by atoms with Crippen molar-refractivity contribution in [3.05, 3.63) is 36.2 Å². The second-order valence-corrected chi connectivity index (χ2v) is 3.85. The fraction of sp³-hybridized carbons (Fsp3) is 0.167. The summed E-state index contributed by atoms with van der Waals surface area (Å²) in [6.45, 7) is 1.89. The molecule has 2 aromatic rings. The third-order valence-electron chi connectivity index (χ3n) is 2.67. The van der Waals surface area contributed by atoms with Gasteiger partial charge in [-0.1, -0.05) is 12.1 Å². The van der Waals surface area contributed by atoms with Gasteiger partial charge in [-0.3, -0.25) is 0 Å². The number of aromatic nitrogens is 1. The summed E-state index contributed by atoms with van der Waals surface area (Å²) in [6.07, 6.45) is -0.0455. The Kier molecular flexibility index (Phi) is 1.92. The molecular formula is C12H11F2NO2. The first-order valence-electron chi connectivity index (χ1n) is 5.09. The van der Waals surface area contributed by atoms with Crippen LogP contribution in [0.25, 0.3) is 11.1 Å². The molecule has 1 N–H and O–H groups in total. The zero-order valence-electron chi connectivity index (χ0n) is 8.96. The lowest BCUT2D eigenvalue weighted by Gasteiger charge is -2.06. The van der Waals surface area contributed by atoms with E-state index in [0.717, 1.165) is 11.1 Å². The summed E-state index contributed by atoms with van der Waals surface area (Å²) in [7, 11) is 0. The minimum atomic E-state index is -3.58. The van der Waals surface area contributed by atoms with Crippen LogP contribution in [0.5, 0.6) is 11.5 Å². The van der Waals surface area contributed by atoms with E-state index < -0.39 is 6.29 Å². The van der Waals surface area contributed by atoms with Crippen molar-refractivity contribution in [2.45, 2.75) is 13.2 Å². The number of benzene rings is 1. The maximum Gasteiger partial charge on any atom is 0.586 e. The summed E-state index contributed by atoms with van der Waals surface area (Å²) >= 11 is 0. The normalized spacial score (nSPS) is 16.2. The Bertz CT molecular complexity index is 583. The van der Waals surface area contributed by atoms with E-state index in [-0.39, 0.29) is 12.9 Å². The van der Waals surface area contributed by atoms with Gasteiger partial charge >= 0.3 is 6.29 Å². The van der Waals surface area contributed by atoms with Gasteiger partial charge in [0, 0.05) is 24.9 Å². The first kappa shape index (κ1) is 10.1. The molecule has 1 aliphatic heterocycles. The van der Waals surface area contributed by atoms with Crippen molar-refractivity contribution in [1.82, 2.24) is 4.98 Å². The Labute approximate surface area is 97.5 Å². The molecule has 0 fully saturated rings. The smallest absolute Gasteiger partial charge is 0.395 e. The van der Waals surface area contributed by atoms with Gasteiger partial charge in [0.25, 0.3) is 0 Å². The third kappa shape index (κ3) is 1.54. The van der Waals surface area contributed by atoms with Crippen LogP contribution in [0.1, 0.15) is 6.99 Å². The Morgan fingerprint density at radius 3 is 2.71 bits per heavy atom. The van der Waals surface area contributed by atoms with Crippen LogP contribution >= 0.6 is 0 Å². The maximum atomic E-state index is 13.0. The molecule has 0 spiro atoms.